The highest BCUT2D eigenvalue weighted by Crippen LogP contribution is 2.35. The zero-order valence-electron chi connectivity index (χ0n) is 18.8. The third-order valence-electron chi connectivity index (χ3n) is 6.00. The second kappa shape index (κ2) is 9.94. The van der Waals surface area contributed by atoms with Crippen LogP contribution in [0.25, 0.3) is 10.9 Å². The number of para-hydroxylation sites is 1. The van der Waals surface area contributed by atoms with Gasteiger partial charge in [-0.3, -0.25) is 9.78 Å². The van der Waals surface area contributed by atoms with Gasteiger partial charge in [0.2, 0.25) is 5.91 Å². The Morgan fingerprint density at radius 1 is 1.06 bits per heavy atom. The van der Waals surface area contributed by atoms with Crippen LogP contribution in [0.1, 0.15) is 46.4 Å². The summed E-state index contributed by atoms with van der Waals surface area (Å²) in [6, 6.07) is 17.2. The number of rotatable bonds is 8. The van der Waals surface area contributed by atoms with Crippen molar-refractivity contribution in [1.82, 2.24) is 14.9 Å². The topological polar surface area (TPSA) is 46.9 Å². The van der Waals surface area contributed by atoms with E-state index in [4.69, 9.17) is 0 Å². The van der Waals surface area contributed by atoms with E-state index in [1.165, 1.54) is 0 Å². The molecule has 0 atom stereocenters. The number of carbonyl (C=O) groups excluding carboxylic acids is 1. The van der Waals surface area contributed by atoms with E-state index in [9.17, 15) is 13.6 Å². The van der Waals surface area contributed by atoms with Crippen LogP contribution in [0.3, 0.4) is 0 Å². The van der Waals surface area contributed by atoms with Crippen molar-refractivity contribution < 1.29 is 13.6 Å². The van der Waals surface area contributed by atoms with E-state index in [0.717, 1.165) is 33.2 Å². The zero-order valence-corrected chi connectivity index (χ0v) is 18.8. The van der Waals surface area contributed by atoms with Gasteiger partial charge in [0.1, 0.15) is 0 Å². The number of fused-ring (bicyclic) bond motifs is 1. The van der Waals surface area contributed by atoms with Crippen molar-refractivity contribution in [3.63, 3.8) is 0 Å². The third kappa shape index (κ3) is 5.11. The van der Waals surface area contributed by atoms with Crippen molar-refractivity contribution in [3.05, 3.63) is 101 Å². The SMILES string of the molecule is Cc1ccc(C)c(Cn2c(C(F)F)c(CCC(=O)NCc3ccncc3)c3ccccc32)c1. The van der Waals surface area contributed by atoms with E-state index in [2.05, 4.69) is 10.3 Å². The monoisotopic (exact) mass is 447 g/mol. The molecule has 2 aromatic heterocycles. The molecule has 2 aromatic carbocycles. The van der Waals surface area contributed by atoms with Crippen molar-refractivity contribution in [2.75, 3.05) is 0 Å². The fourth-order valence-electron chi connectivity index (χ4n) is 4.25. The summed E-state index contributed by atoms with van der Waals surface area (Å²) in [5, 5.41) is 3.64. The number of halogens is 2. The van der Waals surface area contributed by atoms with Gasteiger partial charge in [-0.1, -0.05) is 42.0 Å². The molecule has 0 fully saturated rings. The van der Waals surface area contributed by atoms with Crippen LogP contribution in [0.4, 0.5) is 8.78 Å². The van der Waals surface area contributed by atoms with Gasteiger partial charge in [0.25, 0.3) is 6.43 Å². The van der Waals surface area contributed by atoms with E-state index < -0.39 is 6.43 Å². The summed E-state index contributed by atoms with van der Waals surface area (Å²) in [6.45, 7) is 4.75. The van der Waals surface area contributed by atoms with Gasteiger partial charge in [-0.05, 0) is 60.7 Å². The molecule has 0 bridgehead atoms. The van der Waals surface area contributed by atoms with Crippen molar-refractivity contribution in [3.8, 4) is 0 Å². The number of pyridine rings is 1. The minimum atomic E-state index is -2.64. The number of amides is 1. The molecular formula is C27H27F2N3O. The number of hydrogen-bond donors (Lipinski definition) is 1. The van der Waals surface area contributed by atoms with Crippen LogP contribution in [0, 0.1) is 13.8 Å². The molecule has 0 aliphatic rings. The Kier molecular flexibility index (Phi) is 6.82. The summed E-state index contributed by atoms with van der Waals surface area (Å²) >= 11 is 0. The first-order chi connectivity index (χ1) is 15.9. The van der Waals surface area contributed by atoms with Crippen LogP contribution in [-0.2, 0) is 24.3 Å². The molecule has 6 heteroatoms. The molecule has 170 valence electrons. The Hall–Kier alpha value is -3.54. The van der Waals surface area contributed by atoms with Crippen LogP contribution >= 0.6 is 0 Å². The zero-order chi connectivity index (χ0) is 23.4. The first kappa shape index (κ1) is 22.6. The molecule has 0 aliphatic carbocycles. The Morgan fingerprint density at radius 2 is 1.82 bits per heavy atom. The molecule has 33 heavy (non-hydrogen) atoms. The number of alkyl halides is 2. The van der Waals surface area contributed by atoms with E-state index in [0.29, 0.717) is 18.7 Å². The number of aromatic nitrogens is 2. The van der Waals surface area contributed by atoms with Gasteiger partial charge >= 0.3 is 0 Å². The Balaban J connectivity index is 1.62. The lowest BCUT2D eigenvalue weighted by Gasteiger charge is -2.14. The van der Waals surface area contributed by atoms with Gasteiger partial charge in [-0.2, -0.15) is 0 Å². The lowest BCUT2D eigenvalue weighted by molar-refractivity contribution is -0.121. The fourth-order valence-corrected chi connectivity index (χ4v) is 4.25. The minimum Gasteiger partial charge on any atom is -0.352 e. The van der Waals surface area contributed by atoms with Crippen LogP contribution < -0.4 is 5.32 Å². The normalized spacial score (nSPS) is 11.3. The van der Waals surface area contributed by atoms with Gasteiger partial charge in [0, 0.05) is 42.8 Å². The van der Waals surface area contributed by atoms with Crippen molar-refractivity contribution in [1.29, 1.82) is 0 Å². The largest absolute Gasteiger partial charge is 0.352 e. The maximum atomic E-state index is 14.4. The number of carbonyl (C=O) groups is 1. The summed E-state index contributed by atoms with van der Waals surface area (Å²) in [4.78, 5) is 16.4. The predicted octanol–water partition coefficient (Wildman–Crippen LogP) is 5.89. The molecular weight excluding hydrogens is 420 g/mol. The minimum absolute atomic E-state index is 0.000889. The number of aryl methyl sites for hydroxylation is 3. The number of benzene rings is 2. The molecule has 4 nitrogen and oxygen atoms in total. The molecule has 1 amide bonds. The molecule has 0 aliphatic heterocycles. The van der Waals surface area contributed by atoms with Gasteiger partial charge in [0.15, 0.2) is 0 Å². The molecule has 0 unspecified atom stereocenters. The molecule has 0 saturated heterocycles. The highest BCUT2D eigenvalue weighted by molar-refractivity contribution is 5.87. The lowest BCUT2D eigenvalue weighted by atomic mass is 10.0. The molecule has 4 aromatic rings. The van der Waals surface area contributed by atoms with E-state index in [1.54, 1.807) is 17.0 Å². The second-order valence-electron chi connectivity index (χ2n) is 8.33. The predicted molar refractivity (Wildman–Crippen MR) is 126 cm³/mol. The smallest absolute Gasteiger partial charge is 0.278 e. The lowest BCUT2D eigenvalue weighted by Crippen LogP contribution is -2.23. The van der Waals surface area contributed by atoms with E-state index >= 15 is 0 Å². The summed E-state index contributed by atoms with van der Waals surface area (Å²) < 4.78 is 30.5. The average Bonchev–Trinajstić information content (AvgIpc) is 3.13. The van der Waals surface area contributed by atoms with E-state index in [-0.39, 0.29) is 24.4 Å². The quantitative estimate of drug-likeness (QED) is 0.366. The fraction of sp³-hybridized carbons (Fsp3) is 0.259. The maximum absolute atomic E-state index is 14.4. The van der Waals surface area contributed by atoms with Crippen LogP contribution in [-0.4, -0.2) is 15.5 Å². The van der Waals surface area contributed by atoms with Gasteiger partial charge < -0.3 is 9.88 Å². The average molecular weight is 448 g/mol. The Labute approximate surface area is 192 Å². The van der Waals surface area contributed by atoms with Gasteiger partial charge in [0.05, 0.1) is 5.69 Å². The van der Waals surface area contributed by atoms with Crippen molar-refractivity contribution >= 4 is 16.8 Å². The summed E-state index contributed by atoms with van der Waals surface area (Å²) in [5.41, 5.74) is 5.42. The van der Waals surface area contributed by atoms with Gasteiger partial charge in [-0.25, -0.2) is 8.78 Å². The molecule has 4 rings (SSSR count). The summed E-state index contributed by atoms with van der Waals surface area (Å²) in [7, 11) is 0. The maximum Gasteiger partial charge on any atom is 0.278 e. The second-order valence-corrected chi connectivity index (χ2v) is 8.33. The number of hydrogen-bond acceptors (Lipinski definition) is 2. The first-order valence-electron chi connectivity index (χ1n) is 11.0. The molecule has 1 N–H and O–H groups in total. The standard InChI is InChI=1S/C27H27F2N3O/c1-18-7-8-19(2)21(15-18)17-32-24-6-4-3-5-22(24)23(26(32)27(28)29)9-10-25(33)31-16-20-11-13-30-14-12-20/h3-8,11-15,27H,9-10,16-17H2,1-2H3,(H,31,33). The number of nitrogens with zero attached hydrogens (tertiary/aromatic N) is 2. The molecule has 2 heterocycles. The van der Waals surface area contributed by atoms with E-state index in [1.807, 2.05) is 68.4 Å². The van der Waals surface area contributed by atoms with Crippen molar-refractivity contribution in [2.24, 2.45) is 0 Å². The molecule has 0 saturated carbocycles. The van der Waals surface area contributed by atoms with Gasteiger partial charge in [-0.15, -0.1) is 0 Å². The first-order valence-corrected chi connectivity index (χ1v) is 11.0. The Morgan fingerprint density at radius 3 is 2.58 bits per heavy atom. The highest BCUT2D eigenvalue weighted by Gasteiger charge is 2.24. The van der Waals surface area contributed by atoms with Crippen LogP contribution in [0.5, 0.6) is 0 Å². The Bertz CT molecular complexity index is 1270. The number of nitrogens with one attached hydrogen (secondary N) is 1. The molecule has 0 spiro atoms. The summed E-state index contributed by atoms with van der Waals surface area (Å²) in [6.07, 6.45) is 1.09. The van der Waals surface area contributed by atoms with Crippen molar-refractivity contribution in [2.45, 2.75) is 46.2 Å². The summed E-state index contributed by atoms with van der Waals surface area (Å²) in [5.74, 6) is -0.168. The highest BCUT2D eigenvalue weighted by atomic mass is 19.3. The molecule has 0 radical (unpaired) electrons. The third-order valence-corrected chi connectivity index (χ3v) is 6.00. The van der Waals surface area contributed by atoms with Crippen LogP contribution in [0.15, 0.2) is 67.0 Å². The van der Waals surface area contributed by atoms with Crippen LogP contribution in [0.2, 0.25) is 0 Å².